The largest absolute Gasteiger partial charge is 0.379 e. The van der Waals surface area contributed by atoms with Gasteiger partial charge in [-0.1, -0.05) is 6.42 Å². The zero-order valence-corrected chi connectivity index (χ0v) is 20.0. The second-order valence-corrected chi connectivity index (χ2v) is 8.79. The van der Waals surface area contributed by atoms with Crippen molar-refractivity contribution in [3.8, 4) is 0 Å². The molecule has 1 amide bonds. The number of rotatable bonds is 6. The number of hydrogen-bond acceptors (Lipinski definition) is 5. The third-order valence-corrected chi connectivity index (χ3v) is 7.02. The topological polar surface area (TPSA) is 78.4 Å². The van der Waals surface area contributed by atoms with Gasteiger partial charge < -0.3 is 25.0 Å². The Morgan fingerprint density at radius 3 is 2.66 bits per heavy atom. The van der Waals surface area contributed by atoms with Crippen LogP contribution in [0.3, 0.4) is 0 Å². The van der Waals surface area contributed by atoms with Gasteiger partial charge in [0.25, 0.3) is 0 Å². The third kappa shape index (κ3) is 4.83. The molecule has 2 aliphatic heterocycles. The van der Waals surface area contributed by atoms with E-state index in [0.717, 1.165) is 58.4 Å². The lowest BCUT2D eigenvalue weighted by molar-refractivity contribution is -0.171. The van der Waals surface area contributed by atoms with Gasteiger partial charge in [-0.15, -0.1) is 24.0 Å². The standard InChI is InChI=1S/C20H35N5O3.HI/c1-24(2)16(26)14-22-19(21-7-8-25-9-12-27-13-10-25)23-17-15-4-11-28-18(15)20(17)5-3-6-20;/h15,17-18H,3-14H2,1-2H3,(H2,21,22,23);1H. The highest BCUT2D eigenvalue weighted by Gasteiger charge is 2.66. The van der Waals surface area contributed by atoms with Crippen molar-refractivity contribution in [3.63, 3.8) is 0 Å². The molecule has 3 atom stereocenters. The fourth-order valence-electron chi connectivity index (χ4n) is 5.20. The Labute approximate surface area is 191 Å². The van der Waals surface area contributed by atoms with Gasteiger partial charge in [0.1, 0.15) is 6.54 Å². The van der Waals surface area contributed by atoms with Crippen LogP contribution in [-0.2, 0) is 14.3 Å². The lowest BCUT2D eigenvalue weighted by atomic mass is 9.46. The minimum absolute atomic E-state index is 0. The fraction of sp³-hybridized carbons (Fsp3) is 0.900. The van der Waals surface area contributed by atoms with E-state index in [0.29, 0.717) is 23.5 Å². The second-order valence-electron chi connectivity index (χ2n) is 8.79. The summed E-state index contributed by atoms with van der Waals surface area (Å²) < 4.78 is 11.5. The lowest BCUT2D eigenvalue weighted by Gasteiger charge is -2.63. The summed E-state index contributed by atoms with van der Waals surface area (Å²) >= 11 is 0. The first-order valence-corrected chi connectivity index (χ1v) is 10.8. The summed E-state index contributed by atoms with van der Waals surface area (Å²) in [6.45, 7) is 6.40. The van der Waals surface area contributed by atoms with Gasteiger partial charge in [0.15, 0.2) is 5.96 Å². The van der Waals surface area contributed by atoms with Gasteiger partial charge in [-0.3, -0.25) is 9.69 Å². The van der Waals surface area contributed by atoms with Gasteiger partial charge in [0, 0.05) is 64.3 Å². The zero-order chi connectivity index (χ0) is 19.6. The summed E-state index contributed by atoms with van der Waals surface area (Å²) in [5.74, 6) is 1.37. The quantitative estimate of drug-likeness (QED) is 0.302. The predicted molar refractivity (Wildman–Crippen MR) is 123 cm³/mol. The van der Waals surface area contributed by atoms with Gasteiger partial charge in [-0.25, -0.2) is 4.99 Å². The zero-order valence-electron chi connectivity index (χ0n) is 17.7. The number of amides is 1. The molecule has 4 fully saturated rings. The molecular formula is C20H36IN5O3. The number of nitrogens with one attached hydrogen (secondary N) is 2. The van der Waals surface area contributed by atoms with Gasteiger partial charge in [-0.2, -0.15) is 0 Å². The lowest BCUT2D eigenvalue weighted by Crippen LogP contribution is -2.72. The van der Waals surface area contributed by atoms with E-state index in [1.165, 1.54) is 19.3 Å². The van der Waals surface area contributed by atoms with Crippen LogP contribution in [0.2, 0.25) is 0 Å². The molecule has 9 heteroatoms. The number of aliphatic imine (C=N–C) groups is 1. The molecule has 2 saturated heterocycles. The Morgan fingerprint density at radius 1 is 1.24 bits per heavy atom. The van der Waals surface area contributed by atoms with Crippen LogP contribution in [0.1, 0.15) is 25.7 Å². The number of hydrogen-bond donors (Lipinski definition) is 2. The van der Waals surface area contributed by atoms with Crippen LogP contribution in [0.4, 0.5) is 0 Å². The fourth-order valence-corrected chi connectivity index (χ4v) is 5.20. The molecule has 29 heavy (non-hydrogen) atoms. The molecule has 2 aliphatic carbocycles. The van der Waals surface area contributed by atoms with Crippen molar-refractivity contribution in [2.24, 2.45) is 16.3 Å². The molecule has 166 valence electrons. The van der Waals surface area contributed by atoms with E-state index in [9.17, 15) is 4.79 Å². The second kappa shape index (κ2) is 10.1. The maximum absolute atomic E-state index is 12.0. The molecule has 2 saturated carbocycles. The first-order chi connectivity index (χ1) is 13.6. The number of carbonyl (C=O) groups is 1. The summed E-state index contributed by atoms with van der Waals surface area (Å²) in [5.41, 5.74) is 0.291. The molecule has 1 spiro atoms. The molecule has 0 radical (unpaired) electrons. The van der Waals surface area contributed by atoms with Crippen LogP contribution in [0, 0.1) is 11.3 Å². The molecule has 0 bridgehead atoms. The predicted octanol–water partition coefficient (Wildman–Crippen LogP) is 0.518. The van der Waals surface area contributed by atoms with Crippen LogP contribution < -0.4 is 10.6 Å². The number of fused-ring (bicyclic) bond motifs is 2. The third-order valence-electron chi connectivity index (χ3n) is 7.02. The monoisotopic (exact) mass is 521 g/mol. The van der Waals surface area contributed by atoms with E-state index in [1.54, 1.807) is 19.0 Å². The maximum atomic E-state index is 12.0. The molecule has 8 nitrogen and oxygen atoms in total. The summed E-state index contributed by atoms with van der Waals surface area (Å²) in [5, 5.41) is 7.17. The minimum Gasteiger partial charge on any atom is -0.379 e. The van der Waals surface area contributed by atoms with Crippen molar-refractivity contribution in [1.29, 1.82) is 0 Å². The normalized spacial score (nSPS) is 30.6. The summed E-state index contributed by atoms with van der Waals surface area (Å²) in [6.07, 6.45) is 5.33. The molecule has 4 rings (SSSR count). The number of ether oxygens (including phenoxy) is 2. The smallest absolute Gasteiger partial charge is 0.243 e. The van der Waals surface area contributed by atoms with Crippen LogP contribution in [0.15, 0.2) is 4.99 Å². The SMILES string of the molecule is CN(C)C(=O)CN=C(NCCN1CCOCC1)NC1C2CCOC2C12CCC2.I. The Hall–Kier alpha value is -0.650. The van der Waals surface area contributed by atoms with Crippen molar-refractivity contribution >= 4 is 35.8 Å². The van der Waals surface area contributed by atoms with Crippen molar-refractivity contribution in [2.75, 3.05) is 66.6 Å². The van der Waals surface area contributed by atoms with E-state index in [2.05, 4.69) is 20.5 Å². The molecule has 3 unspecified atom stereocenters. The number of carbonyl (C=O) groups excluding carboxylic acids is 1. The number of halogens is 1. The maximum Gasteiger partial charge on any atom is 0.243 e. The van der Waals surface area contributed by atoms with E-state index in [-0.39, 0.29) is 36.4 Å². The van der Waals surface area contributed by atoms with E-state index < -0.39 is 0 Å². The Bertz CT molecular complexity index is 593. The van der Waals surface area contributed by atoms with Gasteiger partial charge >= 0.3 is 0 Å². The number of morpholine rings is 1. The molecule has 0 aromatic carbocycles. The highest BCUT2D eigenvalue weighted by atomic mass is 127. The highest BCUT2D eigenvalue weighted by molar-refractivity contribution is 14.0. The van der Waals surface area contributed by atoms with Crippen molar-refractivity contribution in [2.45, 2.75) is 37.8 Å². The van der Waals surface area contributed by atoms with Crippen molar-refractivity contribution in [3.05, 3.63) is 0 Å². The molecule has 2 N–H and O–H groups in total. The molecule has 0 aromatic heterocycles. The van der Waals surface area contributed by atoms with Crippen molar-refractivity contribution < 1.29 is 14.3 Å². The van der Waals surface area contributed by atoms with Crippen LogP contribution in [0.5, 0.6) is 0 Å². The van der Waals surface area contributed by atoms with Crippen LogP contribution in [0.25, 0.3) is 0 Å². The number of likely N-dealkylation sites (N-methyl/N-ethyl adjacent to an activating group) is 1. The molecule has 2 heterocycles. The Kier molecular flexibility index (Phi) is 8.02. The number of nitrogens with zero attached hydrogens (tertiary/aromatic N) is 3. The molecule has 0 aromatic rings. The van der Waals surface area contributed by atoms with Crippen LogP contribution in [-0.4, -0.2) is 100 Å². The molecular weight excluding hydrogens is 485 g/mol. The van der Waals surface area contributed by atoms with Gasteiger partial charge in [0.2, 0.25) is 5.91 Å². The first-order valence-electron chi connectivity index (χ1n) is 10.8. The first kappa shape index (κ1) is 23.0. The van der Waals surface area contributed by atoms with E-state index in [1.807, 2.05) is 0 Å². The minimum atomic E-state index is 0. The van der Waals surface area contributed by atoms with Gasteiger partial charge in [-0.05, 0) is 19.3 Å². The highest BCUT2D eigenvalue weighted by Crippen LogP contribution is 2.62. The van der Waals surface area contributed by atoms with E-state index in [4.69, 9.17) is 9.47 Å². The van der Waals surface area contributed by atoms with Crippen LogP contribution >= 0.6 is 24.0 Å². The van der Waals surface area contributed by atoms with E-state index >= 15 is 0 Å². The molecule has 4 aliphatic rings. The summed E-state index contributed by atoms with van der Waals surface area (Å²) in [4.78, 5) is 20.6. The van der Waals surface area contributed by atoms with Gasteiger partial charge in [0.05, 0.1) is 19.3 Å². The van der Waals surface area contributed by atoms with Crippen molar-refractivity contribution in [1.82, 2.24) is 20.4 Å². The Balaban J connectivity index is 0.00000240. The number of guanidine groups is 1. The summed E-state index contributed by atoms with van der Waals surface area (Å²) in [7, 11) is 3.54. The average molecular weight is 521 g/mol. The average Bonchev–Trinajstić information content (AvgIpc) is 3.07. The summed E-state index contributed by atoms with van der Waals surface area (Å²) in [6, 6.07) is 0.415. The Morgan fingerprint density at radius 2 is 2.00 bits per heavy atom.